The van der Waals surface area contributed by atoms with Gasteiger partial charge in [0.25, 0.3) is 5.91 Å². The quantitative estimate of drug-likeness (QED) is 0.911. The normalized spacial score (nSPS) is 16.7. The number of thiophene rings is 1. The second-order valence-corrected chi connectivity index (χ2v) is 5.39. The molecule has 0 bridgehead atoms. The number of halogens is 2. The molecule has 1 aromatic heterocycles. The third kappa shape index (κ3) is 3.35. The van der Waals surface area contributed by atoms with Crippen molar-refractivity contribution in [2.75, 3.05) is 19.6 Å². The molecule has 0 aliphatic carbocycles. The van der Waals surface area contributed by atoms with Gasteiger partial charge in [-0.1, -0.05) is 11.6 Å². The van der Waals surface area contributed by atoms with Gasteiger partial charge in [-0.2, -0.15) is 0 Å². The van der Waals surface area contributed by atoms with Crippen LogP contribution in [0, 0.1) is 5.92 Å². The Hall–Kier alpha value is -0.290. The van der Waals surface area contributed by atoms with Crippen molar-refractivity contribution in [3.05, 3.63) is 21.3 Å². The van der Waals surface area contributed by atoms with Crippen molar-refractivity contribution in [2.24, 2.45) is 11.7 Å². The zero-order valence-electron chi connectivity index (χ0n) is 9.39. The van der Waals surface area contributed by atoms with E-state index in [0.717, 1.165) is 32.5 Å². The molecule has 1 fully saturated rings. The van der Waals surface area contributed by atoms with Crippen LogP contribution in [0.25, 0.3) is 0 Å². The summed E-state index contributed by atoms with van der Waals surface area (Å²) in [5.74, 6) is 0.637. The number of likely N-dealkylation sites (tertiary alicyclic amines) is 1. The molecule has 17 heavy (non-hydrogen) atoms. The minimum atomic E-state index is 0. The summed E-state index contributed by atoms with van der Waals surface area (Å²) < 4.78 is 0. The van der Waals surface area contributed by atoms with Crippen molar-refractivity contribution < 1.29 is 4.79 Å². The highest BCUT2D eigenvalue weighted by Gasteiger charge is 2.24. The lowest BCUT2D eigenvalue weighted by molar-refractivity contribution is 0.0698. The van der Waals surface area contributed by atoms with E-state index in [4.69, 9.17) is 17.3 Å². The fraction of sp³-hybridized carbons (Fsp3) is 0.545. The van der Waals surface area contributed by atoms with Crippen LogP contribution in [0.4, 0.5) is 0 Å². The summed E-state index contributed by atoms with van der Waals surface area (Å²) in [6, 6.07) is 1.77. The van der Waals surface area contributed by atoms with Crippen molar-refractivity contribution in [3.63, 3.8) is 0 Å². The Bertz CT molecular complexity index is 375. The molecule has 1 aliphatic rings. The van der Waals surface area contributed by atoms with E-state index < -0.39 is 0 Å². The van der Waals surface area contributed by atoms with E-state index in [1.54, 1.807) is 6.07 Å². The average Bonchev–Trinajstić information content (AvgIpc) is 2.75. The number of amides is 1. The molecule has 0 unspecified atom stereocenters. The van der Waals surface area contributed by atoms with E-state index >= 15 is 0 Å². The highest BCUT2D eigenvalue weighted by Crippen LogP contribution is 2.25. The molecule has 1 aromatic rings. The molecule has 2 rings (SSSR count). The molecule has 6 heteroatoms. The number of hydrogen-bond donors (Lipinski definition) is 1. The molecule has 0 aromatic carbocycles. The maximum Gasteiger partial charge on any atom is 0.265 e. The molecule has 0 spiro atoms. The lowest BCUT2D eigenvalue weighted by Gasteiger charge is -2.31. The first-order chi connectivity index (χ1) is 7.72. The second kappa shape index (κ2) is 6.59. The standard InChI is InChI=1S/C11H15ClN2OS.ClH/c12-9-3-6-16-10(9)11(15)14-4-1-8(7-13)2-5-14;/h3,6,8H,1-2,4-5,7,13H2;1H. The molecule has 1 amide bonds. The minimum absolute atomic E-state index is 0. The highest BCUT2D eigenvalue weighted by molar-refractivity contribution is 7.12. The van der Waals surface area contributed by atoms with Crippen molar-refractivity contribution in [1.82, 2.24) is 4.90 Å². The van der Waals surface area contributed by atoms with Crippen LogP contribution < -0.4 is 5.73 Å². The fourth-order valence-electron chi connectivity index (χ4n) is 1.96. The van der Waals surface area contributed by atoms with Crippen LogP contribution >= 0.6 is 35.3 Å². The van der Waals surface area contributed by atoms with E-state index in [1.807, 2.05) is 10.3 Å². The summed E-state index contributed by atoms with van der Waals surface area (Å²) in [4.78, 5) is 14.6. The molecule has 0 radical (unpaired) electrons. The molecule has 96 valence electrons. The number of piperidine rings is 1. The molecule has 3 nitrogen and oxygen atoms in total. The van der Waals surface area contributed by atoms with Crippen LogP contribution in [-0.2, 0) is 0 Å². The summed E-state index contributed by atoms with van der Waals surface area (Å²) in [5, 5.41) is 2.42. The number of nitrogens with two attached hydrogens (primary N) is 1. The van der Waals surface area contributed by atoms with Gasteiger partial charge in [-0.05, 0) is 36.8 Å². The largest absolute Gasteiger partial charge is 0.338 e. The van der Waals surface area contributed by atoms with E-state index in [1.165, 1.54) is 11.3 Å². The first-order valence-electron chi connectivity index (χ1n) is 5.44. The molecule has 0 atom stereocenters. The molecule has 2 heterocycles. The highest BCUT2D eigenvalue weighted by atomic mass is 35.5. The van der Waals surface area contributed by atoms with Gasteiger partial charge in [0.2, 0.25) is 0 Å². The number of carbonyl (C=O) groups is 1. The molecule has 1 aliphatic heterocycles. The maximum absolute atomic E-state index is 12.1. The first-order valence-corrected chi connectivity index (χ1v) is 6.70. The fourth-order valence-corrected chi connectivity index (χ4v) is 3.06. The first kappa shape index (κ1) is 14.8. The number of carbonyl (C=O) groups excluding carboxylic acids is 1. The van der Waals surface area contributed by atoms with Crippen molar-refractivity contribution in [1.29, 1.82) is 0 Å². The molecule has 2 N–H and O–H groups in total. The predicted octanol–water partition coefficient (Wildman–Crippen LogP) is 2.63. The van der Waals surface area contributed by atoms with Gasteiger partial charge in [0.1, 0.15) is 4.88 Å². The monoisotopic (exact) mass is 294 g/mol. The maximum atomic E-state index is 12.1. The number of rotatable bonds is 2. The van der Waals surface area contributed by atoms with Gasteiger partial charge in [0.15, 0.2) is 0 Å². The van der Waals surface area contributed by atoms with Gasteiger partial charge < -0.3 is 10.6 Å². The topological polar surface area (TPSA) is 46.3 Å². The summed E-state index contributed by atoms with van der Waals surface area (Å²) in [5.41, 5.74) is 5.62. The van der Waals surface area contributed by atoms with Gasteiger partial charge in [-0.3, -0.25) is 4.79 Å². The summed E-state index contributed by atoms with van der Waals surface area (Å²) in [6.45, 7) is 2.33. The lowest BCUT2D eigenvalue weighted by Crippen LogP contribution is -2.39. The van der Waals surface area contributed by atoms with E-state index in [0.29, 0.717) is 15.8 Å². The zero-order chi connectivity index (χ0) is 11.5. The van der Waals surface area contributed by atoms with Crippen molar-refractivity contribution in [3.8, 4) is 0 Å². The van der Waals surface area contributed by atoms with Gasteiger partial charge in [-0.15, -0.1) is 23.7 Å². The van der Waals surface area contributed by atoms with Crippen LogP contribution in [0.15, 0.2) is 11.4 Å². The van der Waals surface area contributed by atoms with Gasteiger partial charge in [-0.25, -0.2) is 0 Å². The third-order valence-corrected chi connectivity index (χ3v) is 4.38. The van der Waals surface area contributed by atoms with Crippen LogP contribution in [0.1, 0.15) is 22.5 Å². The van der Waals surface area contributed by atoms with Crippen LogP contribution in [-0.4, -0.2) is 30.4 Å². The molecular weight excluding hydrogens is 279 g/mol. The van der Waals surface area contributed by atoms with Gasteiger partial charge in [0, 0.05) is 13.1 Å². The van der Waals surface area contributed by atoms with Crippen molar-refractivity contribution in [2.45, 2.75) is 12.8 Å². The van der Waals surface area contributed by atoms with Crippen LogP contribution in [0.3, 0.4) is 0 Å². The molecular formula is C11H16Cl2N2OS. The average molecular weight is 295 g/mol. The molecule has 0 saturated carbocycles. The lowest BCUT2D eigenvalue weighted by atomic mass is 9.97. The van der Waals surface area contributed by atoms with E-state index in [9.17, 15) is 4.79 Å². The van der Waals surface area contributed by atoms with Crippen LogP contribution in [0.2, 0.25) is 5.02 Å². The molecule has 1 saturated heterocycles. The summed E-state index contributed by atoms with van der Waals surface area (Å²) >= 11 is 7.36. The third-order valence-electron chi connectivity index (χ3n) is 3.05. The van der Waals surface area contributed by atoms with E-state index in [2.05, 4.69) is 0 Å². The van der Waals surface area contributed by atoms with Gasteiger partial charge in [0.05, 0.1) is 5.02 Å². The Morgan fingerprint density at radius 1 is 1.53 bits per heavy atom. The zero-order valence-corrected chi connectivity index (χ0v) is 11.8. The smallest absolute Gasteiger partial charge is 0.265 e. The number of hydrogen-bond acceptors (Lipinski definition) is 3. The summed E-state index contributed by atoms with van der Waals surface area (Å²) in [6.07, 6.45) is 2.01. The number of nitrogens with zero attached hydrogens (tertiary/aromatic N) is 1. The Kier molecular flexibility index (Phi) is 5.73. The summed E-state index contributed by atoms with van der Waals surface area (Å²) in [7, 11) is 0. The van der Waals surface area contributed by atoms with Gasteiger partial charge >= 0.3 is 0 Å². The van der Waals surface area contributed by atoms with Crippen molar-refractivity contribution >= 4 is 41.3 Å². The van der Waals surface area contributed by atoms with E-state index in [-0.39, 0.29) is 18.3 Å². The Balaban J connectivity index is 0.00000144. The minimum Gasteiger partial charge on any atom is -0.338 e. The Labute approximate surface area is 116 Å². The Morgan fingerprint density at radius 3 is 2.65 bits per heavy atom. The SMILES string of the molecule is Cl.NCC1CCN(C(=O)c2sccc2Cl)CC1. The Morgan fingerprint density at radius 2 is 2.18 bits per heavy atom. The predicted molar refractivity (Wildman–Crippen MR) is 74.3 cm³/mol. The van der Waals surface area contributed by atoms with Crippen LogP contribution in [0.5, 0.6) is 0 Å². The second-order valence-electron chi connectivity index (χ2n) is 4.07.